The molecule has 0 bridgehead atoms. The first kappa shape index (κ1) is 17.4. The Balaban J connectivity index is 1.54. The molecule has 4 rings (SSSR count). The predicted octanol–water partition coefficient (Wildman–Crippen LogP) is 2.92. The lowest BCUT2D eigenvalue weighted by atomic mass is 10.2. The van der Waals surface area contributed by atoms with Gasteiger partial charge in [0.05, 0.1) is 18.5 Å². The molecule has 0 saturated carbocycles. The Labute approximate surface area is 159 Å². The second-order valence-corrected chi connectivity index (χ2v) is 6.88. The molecule has 1 aliphatic rings. The number of anilines is 1. The summed E-state index contributed by atoms with van der Waals surface area (Å²) in [5.41, 5.74) is 4.45. The Morgan fingerprint density at radius 3 is 2.52 bits per heavy atom. The molecule has 0 radical (unpaired) electrons. The van der Waals surface area contributed by atoms with Gasteiger partial charge in [-0.1, -0.05) is 18.2 Å². The van der Waals surface area contributed by atoms with E-state index < -0.39 is 0 Å². The molecule has 0 spiro atoms. The number of nitrogens with zero attached hydrogens (tertiary/aromatic N) is 4. The van der Waals surface area contributed by atoms with Crippen molar-refractivity contribution in [3.05, 3.63) is 59.5 Å². The third-order valence-corrected chi connectivity index (χ3v) is 5.21. The number of hydrogen-bond donors (Lipinski definition) is 0. The molecular weight excluding hydrogens is 340 g/mol. The lowest BCUT2D eigenvalue weighted by Crippen LogP contribution is -2.49. The van der Waals surface area contributed by atoms with Crippen LogP contribution in [0.25, 0.3) is 5.65 Å². The molecule has 1 aliphatic heterocycles. The zero-order chi connectivity index (χ0) is 19.0. The number of ether oxygens (including phenoxy) is 1. The quantitative estimate of drug-likeness (QED) is 0.717. The number of hydrogen-bond acceptors (Lipinski definition) is 4. The van der Waals surface area contributed by atoms with Gasteiger partial charge in [0.15, 0.2) is 0 Å². The van der Waals surface area contributed by atoms with E-state index in [1.807, 2.05) is 59.7 Å². The number of para-hydroxylation sites is 2. The summed E-state index contributed by atoms with van der Waals surface area (Å²) >= 11 is 0. The number of amides is 1. The first-order valence-corrected chi connectivity index (χ1v) is 9.21. The number of piperazine rings is 1. The van der Waals surface area contributed by atoms with Crippen LogP contribution in [0, 0.1) is 13.8 Å². The van der Waals surface area contributed by atoms with Gasteiger partial charge < -0.3 is 14.5 Å². The van der Waals surface area contributed by atoms with E-state index in [2.05, 4.69) is 16.0 Å². The van der Waals surface area contributed by atoms with Crippen molar-refractivity contribution in [2.45, 2.75) is 13.8 Å². The summed E-state index contributed by atoms with van der Waals surface area (Å²) in [4.78, 5) is 22.0. The van der Waals surface area contributed by atoms with Gasteiger partial charge in [-0.2, -0.15) is 0 Å². The number of benzene rings is 1. The van der Waals surface area contributed by atoms with Crippen molar-refractivity contribution >= 4 is 17.2 Å². The molecule has 27 heavy (non-hydrogen) atoms. The topological polar surface area (TPSA) is 50.1 Å². The molecule has 140 valence electrons. The molecule has 0 atom stereocenters. The summed E-state index contributed by atoms with van der Waals surface area (Å²) in [6.07, 6.45) is 1.92. The molecular formula is C21H24N4O2. The van der Waals surface area contributed by atoms with E-state index in [1.54, 1.807) is 7.11 Å². The van der Waals surface area contributed by atoms with Gasteiger partial charge in [-0.15, -0.1) is 0 Å². The number of fused-ring (bicyclic) bond motifs is 1. The molecule has 0 aliphatic carbocycles. The van der Waals surface area contributed by atoms with Crippen molar-refractivity contribution in [2.75, 3.05) is 38.2 Å². The summed E-state index contributed by atoms with van der Waals surface area (Å²) in [6, 6.07) is 12.0. The largest absolute Gasteiger partial charge is 0.495 e. The lowest BCUT2D eigenvalue weighted by molar-refractivity contribution is 0.0739. The van der Waals surface area contributed by atoms with Crippen molar-refractivity contribution in [3.63, 3.8) is 0 Å². The SMILES string of the molecule is COc1ccccc1N1CCN(C(=O)c2c(C)nc3c(C)cccn23)CC1. The van der Waals surface area contributed by atoms with Crippen LogP contribution in [0.15, 0.2) is 42.6 Å². The first-order chi connectivity index (χ1) is 13.1. The van der Waals surface area contributed by atoms with Gasteiger partial charge in [-0.3, -0.25) is 9.20 Å². The number of aromatic nitrogens is 2. The van der Waals surface area contributed by atoms with Crippen molar-refractivity contribution in [2.24, 2.45) is 0 Å². The minimum atomic E-state index is 0.0466. The highest BCUT2D eigenvalue weighted by molar-refractivity contribution is 5.95. The number of imidazole rings is 1. The third kappa shape index (κ3) is 3.01. The van der Waals surface area contributed by atoms with Gasteiger partial charge >= 0.3 is 0 Å². The summed E-state index contributed by atoms with van der Waals surface area (Å²) in [5, 5.41) is 0. The highest BCUT2D eigenvalue weighted by Crippen LogP contribution is 2.28. The second-order valence-electron chi connectivity index (χ2n) is 6.88. The third-order valence-electron chi connectivity index (χ3n) is 5.21. The van der Waals surface area contributed by atoms with Crippen LogP contribution in [0.1, 0.15) is 21.7 Å². The van der Waals surface area contributed by atoms with Crippen molar-refractivity contribution in [3.8, 4) is 5.75 Å². The maximum atomic E-state index is 13.2. The molecule has 6 nitrogen and oxygen atoms in total. The summed E-state index contributed by atoms with van der Waals surface area (Å²) in [6.45, 7) is 6.83. The Morgan fingerprint density at radius 2 is 1.78 bits per heavy atom. The van der Waals surface area contributed by atoms with E-state index in [4.69, 9.17) is 4.74 Å². The normalized spacial score (nSPS) is 14.6. The molecule has 1 aromatic carbocycles. The van der Waals surface area contributed by atoms with Crippen LogP contribution in [-0.2, 0) is 0 Å². The Morgan fingerprint density at radius 1 is 1.04 bits per heavy atom. The zero-order valence-corrected chi connectivity index (χ0v) is 16.0. The van der Waals surface area contributed by atoms with Crippen molar-refractivity contribution < 1.29 is 9.53 Å². The molecule has 1 saturated heterocycles. The number of methoxy groups -OCH3 is 1. The summed E-state index contributed by atoms with van der Waals surface area (Å²) in [7, 11) is 1.69. The number of aryl methyl sites for hydroxylation is 2. The smallest absolute Gasteiger partial charge is 0.272 e. The van der Waals surface area contributed by atoms with Crippen LogP contribution in [0.5, 0.6) is 5.75 Å². The van der Waals surface area contributed by atoms with Gasteiger partial charge in [0.2, 0.25) is 0 Å². The second kappa shape index (κ2) is 6.95. The van der Waals surface area contributed by atoms with E-state index in [9.17, 15) is 4.79 Å². The molecule has 3 aromatic rings. The number of rotatable bonds is 3. The Bertz CT molecular complexity index is 987. The molecule has 0 N–H and O–H groups in total. The van der Waals surface area contributed by atoms with Gasteiger partial charge in [0, 0.05) is 32.4 Å². The highest BCUT2D eigenvalue weighted by atomic mass is 16.5. The monoisotopic (exact) mass is 364 g/mol. The van der Waals surface area contributed by atoms with Crippen LogP contribution >= 0.6 is 0 Å². The highest BCUT2D eigenvalue weighted by Gasteiger charge is 2.27. The minimum Gasteiger partial charge on any atom is -0.495 e. The molecule has 3 heterocycles. The standard InChI is InChI=1S/C21H24N4O2/c1-15-7-6-10-25-19(16(2)22-20(15)25)21(26)24-13-11-23(12-14-24)17-8-4-5-9-18(17)27-3/h4-10H,11-14H2,1-3H3. The fourth-order valence-electron chi connectivity index (χ4n) is 3.77. The van der Waals surface area contributed by atoms with Crippen LogP contribution in [0.2, 0.25) is 0 Å². The van der Waals surface area contributed by atoms with Gasteiger partial charge in [0.25, 0.3) is 5.91 Å². The molecule has 2 aromatic heterocycles. The van der Waals surface area contributed by atoms with Gasteiger partial charge in [-0.05, 0) is 37.6 Å². The first-order valence-electron chi connectivity index (χ1n) is 9.21. The van der Waals surface area contributed by atoms with E-state index in [0.717, 1.165) is 41.4 Å². The van der Waals surface area contributed by atoms with Crippen LogP contribution in [-0.4, -0.2) is 53.5 Å². The average molecular weight is 364 g/mol. The Hall–Kier alpha value is -3.02. The van der Waals surface area contributed by atoms with E-state index in [1.165, 1.54) is 0 Å². The van der Waals surface area contributed by atoms with Gasteiger partial charge in [-0.25, -0.2) is 4.98 Å². The van der Waals surface area contributed by atoms with Gasteiger partial charge in [0.1, 0.15) is 17.1 Å². The van der Waals surface area contributed by atoms with Crippen LogP contribution in [0.3, 0.4) is 0 Å². The van der Waals surface area contributed by atoms with E-state index in [-0.39, 0.29) is 5.91 Å². The maximum absolute atomic E-state index is 13.2. The summed E-state index contributed by atoms with van der Waals surface area (Å²) < 4.78 is 7.39. The maximum Gasteiger partial charge on any atom is 0.272 e. The lowest BCUT2D eigenvalue weighted by Gasteiger charge is -2.36. The molecule has 0 unspecified atom stereocenters. The van der Waals surface area contributed by atoms with Crippen molar-refractivity contribution in [1.82, 2.24) is 14.3 Å². The number of carbonyl (C=O) groups excluding carboxylic acids is 1. The van der Waals surface area contributed by atoms with Crippen LogP contribution < -0.4 is 9.64 Å². The minimum absolute atomic E-state index is 0.0466. The van der Waals surface area contributed by atoms with E-state index >= 15 is 0 Å². The van der Waals surface area contributed by atoms with Crippen LogP contribution in [0.4, 0.5) is 5.69 Å². The molecule has 1 fully saturated rings. The fourth-order valence-corrected chi connectivity index (χ4v) is 3.77. The Kier molecular flexibility index (Phi) is 4.48. The molecule has 1 amide bonds. The van der Waals surface area contributed by atoms with E-state index in [0.29, 0.717) is 18.8 Å². The van der Waals surface area contributed by atoms with Crippen molar-refractivity contribution in [1.29, 1.82) is 0 Å². The zero-order valence-electron chi connectivity index (χ0n) is 16.0. The number of carbonyl (C=O) groups is 1. The average Bonchev–Trinajstić information content (AvgIpc) is 3.05. The predicted molar refractivity (Wildman–Crippen MR) is 106 cm³/mol. The summed E-state index contributed by atoms with van der Waals surface area (Å²) in [5.74, 6) is 0.913. The number of pyridine rings is 1. The molecule has 6 heteroatoms. The fraction of sp³-hybridized carbons (Fsp3) is 0.333.